The molecule has 9 aromatic carbocycles. The van der Waals surface area contributed by atoms with Crippen molar-refractivity contribution in [2.24, 2.45) is 0 Å². The Morgan fingerprint density at radius 2 is 0.981 bits per heavy atom. The van der Waals surface area contributed by atoms with Crippen LogP contribution < -0.4 is 4.90 Å². The Labute approximate surface area is 329 Å². The molecule has 2 heteroatoms. The molecular weight excluding hydrogens is 671 g/mol. The topological polar surface area (TPSA) is 3.24 Å². The fourth-order valence-corrected chi connectivity index (χ4v) is 8.46. The van der Waals surface area contributed by atoms with Crippen LogP contribution in [0.25, 0.3) is 75.5 Å². The van der Waals surface area contributed by atoms with E-state index in [1.807, 2.05) is 71.6 Å². The molecule has 0 atom stereocenters. The number of rotatable bonds is 7. The summed E-state index contributed by atoms with van der Waals surface area (Å²) in [7, 11) is 0. The Morgan fingerprint density at radius 1 is 0.389 bits per heavy atom. The van der Waals surface area contributed by atoms with Crippen LogP contribution in [-0.4, -0.2) is 0 Å². The van der Waals surface area contributed by atoms with Gasteiger partial charge in [-0.05, 0) is 91.6 Å². The SMILES string of the molecule is [2H]c1c([2H])c([2H])c2c(sc3c(N(c4ccc(-c5ccc(-c6cccc7ccccc67)cc5)cc4)c4ccc(-c5ccccc5)c(-c5ccccc5)c4)c([2H])c([2H])c([2H])c32)c1[2H]. The van der Waals surface area contributed by atoms with Crippen molar-refractivity contribution in [2.45, 2.75) is 0 Å². The van der Waals surface area contributed by atoms with Gasteiger partial charge in [0.1, 0.15) is 0 Å². The molecule has 0 saturated carbocycles. The number of benzene rings is 9. The quantitative estimate of drug-likeness (QED) is 0.159. The second-order valence-electron chi connectivity index (χ2n) is 13.2. The summed E-state index contributed by atoms with van der Waals surface area (Å²) in [5.41, 5.74) is 10.1. The first-order valence-corrected chi connectivity index (χ1v) is 18.7. The van der Waals surface area contributed by atoms with E-state index in [1.54, 1.807) is 0 Å². The van der Waals surface area contributed by atoms with Crippen molar-refractivity contribution in [1.82, 2.24) is 0 Å². The summed E-state index contributed by atoms with van der Waals surface area (Å²) < 4.78 is 63.1. The molecule has 0 spiro atoms. The molecule has 0 amide bonds. The van der Waals surface area contributed by atoms with Crippen LogP contribution in [0.1, 0.15) is 9.60 Å². The lowest BCUT2D eigenvalue weighted by molar-refractivity contribution is 1.30. The lowest BCUT2D eigenvalue weighted by Crippen LogP contribution is -2.10. The van der Waals surface area contributed by atoms with E-state index in [-0.39, 0.29) is 51.7 Å². The molecule has 10 aromatic rings. The molecule has 0 fully saturated rings. The summed E-state index contributed by atoms with van der Waals surface area (Å²) >= 11 is 1.13. The zero-order valence-corrected chi connectivity index (χ0v) is 29.8. The van der Waals surface area contributed by atoms with Crippen molar-refractivity contribution < 1.29 is 9.60 Å². The number of fused-ring (bicyclic) bond motifs is 4. The molecule has 54 heavy (non-hydrogen) atoms. The highest BCUT2D eigenvalue weighted by atomic mass is 32.1. The average Bonchev–Trinajstić information content (AvgIpc) is 3.72. The van der Waals surface area contributed by atoms with Gasteiger partial charge in [-0.25, -0.2) is 0 Å². The monoisotopic (exact) mass is 712 g/mol. The van der Waals surface area contributed by atoms with Crippen LogP contribution in [0.4, 0.5) is 17.1 Å². The fraction of sp³-hybridized carbons (Fsp3) is 0. The van der Waals surface area contributed by atoms with Crippen LogP contribution in [0.15, 0.2) is 212 Å². The Hall–Kier alpha value is -6.74. The molecule has 1 aromatic heterocycles. The van der Waals surface area contributed by atoms with Gasteiger partial charge in [0.05, 0.1) is 20.0 Å². The molecule has 0 aliphatic rings. The minimum Gasteiger partial charge on any atom is -0.309 e. The second-order valence-corrected chi connectivity index (χ2v) is 14.2. The van der Waals surface area contributed by atoms with Crippen molar-refractivity contribution in [1.29, 1.82) is 0 Å². The van der Waals surface area contributed by atoms with Crippen LogP contribution in [0.2, 0.25) is 0 Å². The van der Waals surface area contributed by atoms with Crippen molar-refractivity contribution in [3.05, 3.63) is 212 Å². The Bertz CT molecular complexity index is 3310. The first-order chi connectivity index (χ1) is 29.7. The fourth-order valence-electron chi connectivity index (χ4n) is 7.40. The highest BCUT2D eigenvalue weighted by Crippen LogP contribution is 2.46. The van der Waals surface area contributed by atoms with E-state index in [1.165, 1.54) is 16.3 Å². The van der Waals surface area contributed by atoms with Gasteiger partial charge in [-0.3, -0.25) is 0 Å². The van der Waals surface area contributed by atoms with Crippen LogP contribution in [-0.2, 0) is 0 Å². The summed E-state index contributed by atoms with van der Waals surface area (Å²) in [6.07, 6.45) is 0. The smallest absolute Gasteiger partial charge is 0.0645 e. The third kappa shape index (κ3) is 5.74. The van der Waals surface area contributed by atoms with Crippen LogP contribution in [0.3, 0.4) is 0 Å². The summed E-state index contributed by atoms with van der Waals surface area (Å²) in [6, 6.07) is 55.8. The van der Waals surface area contributed by atoms with Crippen molar-refractivity contribution >= 4 is 59.3 Å². The molecule has 0 radical (unpaired) electrons. The average molecular weight is 713 g/mol. The maximum Gasteiger partial charge on any atom is 0.0645 e. The van der Waals surface area contributed by atoms with E-state index in [0.717, 1.165) is 50.3 Å². The first kappa shape index (κ1) is 25.3. The minimum absolute atomic E-state index is 0.180. The Morgan fingerprint density at radius 3 is 1.76 bits per heavy atom. The molecule has 0 aliphatic carbocycles. The Balaban J connectivity index is 1.18. The number of hydrogen-bond donors (Lipinski definition) is 0. The normalized spacial score (nSPS) is 13.1. The molecule has 0 unspecified atom stereocenters. The van der Waals surface area contributed by atoms with Gasteiger partial charge in [-0.15, -0.1) is 11.3 Å². The van der Waals surface area contributed by atoms with Crippen LogP contribution in [0.5, 0.6) is 0 Å². The largest absolute Gasteiger partial charge is 0.309 e. The highest BCUT2D eigenvalue weighted by Gasteiger charge is 2.20. The predicted octanol–water partition coefficient (Wildman–Crippen LogP) is 15.3. The maximum atomic E-state index is 9.51. The molecule has 0 aliphatic heterocycles. The van der Waals surface area contributed by atoms with E-state index in [2.05, 4.69) is 103 Å². The summed E-state index contributed by atoms with van der Waals surface area (Å²) in [4.78, 5) is 1.93. The Kier molecular flexibility index (Phi) is 6.40. The van der Waals surface area contributed by atoms with Crippen LogP contribution in [0, 0.1) is 0 Å². The van der Waals surface area contributed by atoms with Gasteiger partial charge in [0.2, 0.25) is 0 Å². The summed E-state index contributed by atoms with van der Waals surface area (Å²) in [6.45, 7) is 0. The van der Waals surface area contributed by atoms with Crippen LogP contribution >= 0.6 is 11.3 Å². The van der Waals surface area contributed by atoms with Gasteiger partial charge >= 0.3 is 0 Å². The molecular formula is C52H35NS. The number of nitrogens with zero attached hydrogens (tertiary/aromatic N) is 1. The lowest BCUT2D eigenvalue weighted by Gasteiger charge is -2.27. The predicted molar refractivity (Wildman–Crippen MR) is 233 cm³/mol. The van der Waals surface area contributed by atoms with E-state index < -0.39 is 6.04 Å². The van der Waals surface area contributed by atoms with Crippen molar-refractivity contribution in [3.63, 3.8) is 0 Å². The van der Waals surface area contributed by atoms with Gasteiger partial charge in [-0.1, -0.05) is 176 Å². The van der Waals surface area contributed by atoms with Crippen molar-refractivity contribution in [2.75, 3.05) is 4.90 Å². The van der Waals surface area contributed by atoms with Gasteiger partial charge < -0.3 is 4.90 Å². The van der Waals surface area contributed by atoms with Crippen molar-refractivity contribution in [3.8, 4) is 44.5 Å². The zero-order valence-electron chi connectivity index (χ0n) is 36.0. The molecule has 0 saturated heterocycles. The number of hydrogen-bond acceptors (Lipinski definition) is 2. The summed E-state index contributed by atoms with van der Waals surface area (Å²) in [5, 5.41) is 2.82. The first-order valence-electron chi connectivity index (χ1n) is 21.4. The van der Waals surface area contributed by atoms with E-state index >= 15 is 0 Å². The molecule has 1 heterocycles. The maximum absolute atomic E-state index is 9.51. The third-order valence-corrected chi connectivity index (χ3v) is 11.1. The minimum atomic E-state index is -0.402. The summed E-state index contributed by atoms with van der Waals surface area (Å²) in [5.74, 6) is 0. The second kappa shape index (κ2) is 13.7. The highest BCUT2D eigenvalue weighted by molar-refractivity contribution is 7.26. The van der Waals surface area contributed by atoms with Gasteiger partial charge in [-0.2, -0.15) is 0 Å². The van der Waals surface area contributed by atoms with Gasteiger partial charge in [0.15, 0.2) is 0 Å². The van der Waals surface area contributed by atoms with E-state index in [0.29, 0.717) is 21.8 Å². The molecule has 0 N–H and O–H groups in total. The zero-order chi connectivity index (χ0) is 41.9. The molecule has 254 valence electrons. The standard InChI is InChI=1S/C52H35NS/c1-3-13-38(14-4-1)46-34-33-43(35-49(46)40-15-5-2-6-16-40)53(50-23-12-22-48-47-20-9-10-24-51(47)54-52(48)50)42-31-29-37(30-32-42)36-25-27-41(28-26-36)45-21-11-18-39-17-7-8-19-44(39)45/h1-35H/i9D,10D,12D,20D,22D,23D,24D. The molecule has 10 rings (SSSR count). The van der Waals surface area contributed by atoms with E-state index in [9.17, 15) is 1.37 Å². The molecule has 0 bridgehead atoms. The number of anilines is 3. The number of thiophene rings is 1. The van der Waals surface area contributed by atoms with Gasteiger partial charge in [0.25, 0.3) is 0 Å². The lowest BCUT2D eigenvalue weighted by atomic mass is 9.93. The third-order valence-electron chi connectivity index (χ3n) is 10.0. The van der Waals surface area contributed by atoms with Gasteiger partial charge in [0, 0.05) is 26.8 Å². The van der Waals surface area contributed by atoms with E-state index in [4.69, 9.17) is 8.22 Å². The molecule has 1 nitrogen and oxygen atoms in total.